The van der Waals surface area contributed by atoms with E-state index in [9.17, 15) is 4.79 Å². The van der Waals surface area contributed by atoms with E-state index in [-0.39, 0.29) is 23.7 Å². The lowest BCUT2D eigenvalue weighted by Crippen LogP contribution is -2.31. The van der Waals surface area contributed by atoms with Crippen LogP contribution in [0.25, 0.3) is 0 Å². The fraction of sp³-hybridized carbons (Fsp3) is 0.444. The number of benzene rings is 1. The molecular weight excluding hydrogens is 342 g/mol. The summed E-state index contributed by atoms with van der Waals surface area (Å²) in [5.41, 5.74) is 7.68. The summed E-state index contributed by atoms with van der Waals surface area (Å²) in [7, 11) is 0. The second-order valence-electron chi connectivity index (χ2n) is 6.60. The van der Waals surface area contributed by atoms with Gasteiger partial charge in [0.15, 0.2) is 0 Å². The molecule has 1 amide bonds. The maximum absolute atomic E-state index is 12.6. The van der Waals surface area contributed by atoms with Crippen LogP contribution in [-0.4, -0.2) is 28.9 Å². The van der Waals surface area contributed by atoms with Crippen LogP contribution < -0.4 is 5.73 Å². The first kappa shape index (κ1) is 18.9. The van der Waals surface area contributed by atoms with Crippen molar-refractivity contribution in [3.8, 4) is 0 Å². The zero-order valence-corrected chi connectivity index (χ0v) is 15.5. The quantitative estimate of drug-likeness (QED) is 0.882. The topological polar surface area (TPSA) is 59.2 Å². The van der Waals surface area contributed by atoms with Crippen LogP contribution in [0.15, 0.2) is 35.7 Å². The molecule has 130 valence electrons. The second kappa shape index (κ2) is 8.10. The smallest absolute Gasteiger partial charge is 0.273 e. The molecule has 3 rings (SSSR count). The van der Waals surface area contributed by atoms with E-state index in [2.05, 4.69) is 36.2 Å². The Morgan fingerprint density at radius 2 is 2.12 bits per heavy atom. The van der Waals surface area contributed by atoms with Crippen LogP contribution in [0.5, 0.6) is 0 Å². The molecule has 2 aromatic rings. The van der Waals surface area contributed by atoms with Gasteiger partial charge in [0, 0.05) is 25.0 Å². The average molecular weight is 366 g/mol. The molecule has 2 heterocycles. The largest absolute Gasteiger partial charge is 0.337 e. The van der Waals surface area contributed by atoms with Crippen LogP contribution in [-0.2, 0) is 13.0 Å². The van der Waals surface area contributed by atoms with Gasteiger partial charge < -0.3 is 10.6 Å². The molecule has 1 saturated heterocycles. The Bertz CT molecular complexity index is 676. The fourth-order valence-corrected chi connectivity index (χ4v) is 3.81. The van der Waals surface area contributed by atoms with E-state index in [1.165, 1.54) is 16.9 Å². The predicted molar refractivity (Wildman–Crippen MR) is 101 cm³/mol. The number of carbonyl (C=O) groups is 1. The van der Waals surface area contributed by atoms with Gasteiger partial charge in [0.05, 0.1) is 0 Å². The second-order valence-corrected chi connectivity index (χ2v) is 7.55. The Hall–Kier alpha value is -1.43. The van der Waals surface area contributed by atoms with Crippen molar-refractivity contribution >= 4 is 29.7 Å². The molecule has 0 aliphatic carbocycles. The highest BCUT2D eigenvalue weighted by atomic mass is 35.5. The van der Waals surface area contributed by atoms with E-state index in [0.717, 1.165) is 37.4 Å². The molecule has 1 aromatic heterocycles. The van der Waals surface area contributed by atoms with Crippen molar-refractivity contribution in [1.29, 1.82) is 0 Å². The number of carbonyl (C=O) groups excluding carboxylic acids is 1. The van der Waals surface area contributed by atoms with Crippen molar-refractivity contribution in [3.63, 3.8) is 0 Å². The average Bonchev–Trinajstić information content (AvgIpc) is 3.21. The van der Waals surface area contributed by atoms with Crippen LogP contribution in [0.4, 0.5) is 0 Å². The van der Waals surface area contributed by atoms with Gasteiger partial charge in [0.2, 0.25) is 0 Å². The Labute approximate surface area is 153 Å². The van der Waals surface area contributed by atoms with Gasteiger partial charge in [-0.3, -0.25) is 4.79 Å². The van der Waals surface area contributed by atoms with Gasteiger partial charge in [-0.2, -0.15) is 0 Å². The van der Waals surface area contributed by atoms with Crippen molar-refractivity contribution in [2.24, 2.45) is 11.1 Å². The Kier molecular flexibility index (Phi) is 6.38. The number of aromatic nitrogens is 1. The van der Waals surface area contributed by atoms with Crippen LogP contribution in [0.2, 0.25) is 0 Å². The molecule has 1 aliphatic heterocycles. The van der Waals surface area contributed by atoms with E-state index >= 15 is 0 Å². The van der Waals surface area contributed by atoms with E-state index in [0.29, 0.717) is 12.2 Å². The number of hydrogen-bond acceptors (Lipinski definition) is 4. The molecule has 0 spiro atoms. The number of amides is 1. The highest BCUT2D eigenvalue weighted by molar-refractivity contribution is 7.09. The normalized spacial score (nSPS) is 20.0. The van der Waals surface area contributed by atoms with E-state index in [1.54, 1.807) is 0 Å². The van der Waals surface area contributed by atoms with Gasteiger partial charge in [-0.05, 0) is 30.2 Å². The van der Waals surface area contributed by atoms with Crippen molar-refractivity contribution in [3.05, 3.63) is 52.0 Å². The van der Waals surface area contributed by atoms with Crippen LogP contribution in [0.3, 0.4) is 0 Å². The summed E-state index contributed by atoms with van der Waals surface area (Å²) in [5, 5.41) is 2.64. The lowest BCUT2D eigenvalue weighted by atomic mass is 9.83. The predicted octanol–water partition coefficient (Wildman–Crippen LogP) is 3.51. The molecule has 1 atom stereocenters. The number of rotatable bonds is 5. The number of nitrogens with zero attached hydrogens (tertiary/aromatic N) is 2. The van der Waals surface area contributed by atoms with Crippen molar-refractivity contribution in [2.75, 3.05) is 13.1 Å². The Morgan fingerprint density at radius 1 is 1.38 bits per heavy atom. The summed E-state index contributed by atoms with van der Waals surface area (Å²) in [4.78, 5) is 18.8. The molecule has 4 nitrogen and oxygen atoms in total. The van der Waals surface area contributed by atoms with Gasteiger partial charge in [0.25, 0.3) is 5.91 Å². The molecule has 1 aliphatic rings. The van der Waals surface area contributed by atoms with E-state index in [1.807, 2.05) is 16.3 Å². The SMILES string of the molecule is CC1(CCc2ccccc2)CCN(C(=O)c2csc(CN)n2)C1.Cl. The van der Waals surface area contributed by atoms with E-state index in [4.69, 9.17) is 5.73 Å². The first-order valence-corrected chi connectivity index (χ1v) is 8.95. The van der Waals surface area contributed by atoms with Gasteiger partial charge in [0.1, 0.15) is 10.7 Å². The molecule has 0 radical (unpaired) electrons. The summed E-state index contributed by atoms with van der Waals surface area (Å²) >= 11 is 1.46. The maximum Gasteiger partial charge on any atom is 0.273 e. The lowest BCUT2D eigenvalue weighted by molar-refractivity contribution is 0.0768. The summed E-state index contributed by atoms with van der Waals surface area (Å²) in [6.45, 7) is 4.32. The molecule has 0 saturated carbocycles. The molecule has 24 heavy (non-hydrogen) atoms. The number of likely N-dealkylation sites (tertiary alicyclic amines) is 1. The first-order chi connectivity index (χ1) is 11.1. The molecule has 1 aromatic carbocycles. The zero-order valence-electron chi connectivity index (χ0n) is 13.9. The minimum Gasteiger partial charge on any atom is -0.337 e. The Balaban J connectivity index is 0.00000208. The number of hydrogen-bond donors (Lipinski definition) is 1. The van der Waals surface area contributed by atoms with Crippen LogP contribution in [0.1, 0.15) is 40.8 Å². The summed E-state index contributed by atoms with van der Waals surface area (Å²) in [6, 6.07) is 10.6. The molecule has 0 bridgehead atoms. The van der Waals surface area contributed by atoms with Crippen molar-refractivity contribution in [1.82, 2.24) is 9.88 Å². The molecule has 2 N–H and O–H groups in total. The zero-order chi connectivity index (χ0) is 16.3. The third kappa shape index (κ3) is 4.35. The molecule has 1 unspecified atom stereocenters. The summed E-state index contributed by atoms with van der Waals surface area (Å²) < 4.78 is 0. The van der Waals surface area contributed by atoms with Crippen LogP contribution in [0, 0.1) is 5.41 Å². The minimum absolute atomic E-state index is 0. The highest BCUT2D eigenvalue weighted by Crippen LogP contribution is 2.35. The third-order valence-corrected chi connectivity index (χ3v) is 5.52. The standard InChI is InChI=1S/C18H23N3OS.ClH/c1-18(8-7-14-5-3-2-4-6-14)9-10-21(13-18)17(22)15-12-23-16(11-19)20-15;/h2-6,12H,7-11,13,19H2,1H3;1H. The lowest BCUT2D eigenvalue weighted by Gasteiger charge is -2.24. The van der Waals surface area contributed by atoms with Crippen molar-refractivity contribution < 1.29 is 4.79 Å². The maximum atomic E-state index is 12.6. The molecule has 6 heteroatoms. The van der Waals surface area contributed by atoms with Crippen LogP contribution >= 0.6 is 23.7 Å². The van der Waals surface area contributed by atoms with Crippen molar-refractivity contribution in [2.45, 2.75) is 32.7 Å². The highest BCUT2D eigenvalue weighted by Gasteiger charge is 2.36. The number of nitrogens with two attached hydrogens (primary N) is 1. The Morgan fingerprint density at radius 3 is 2.79 bits per heavy atom. The minimum atomic E-state index is 0. The number of aryl methyl sites for hydroxylation is 1. The van der Waals surface area contributed by atoms with Gasteiger partial charge in [-0.25, -0.2) is 4.98 Å². The van der Waals surface area contributed by atoms with Gasteiger partial charge >= 0.3 is 0 Å². The third-order valence-electron chi connectivity index (χ3n) is 4.65. The fourth-order valence-electron chi connectivity index (χ4n) is 3.16. The van der Waals surface area contributed by atoms with Gasteiger partial charge in [-0.15, -0.1) is 23.7 Å². The van der Waals surface area contributed by atoms with E-state index < -0.39 is 0 Å². The number of thiazole rings is 1. The molecular formula is C18H24ClN3OS. The summed E-state index contributed by atoms with van der Waals surface area (Å²) in [5.74, 6) is 0.0457. The monoisotopic (exact) mass is 365 g/mol. The van der Waals surface area contributed by atoms with Gasteiger partial charge in [-0.1, -0.05) is 37.3 Å². The number of halogens is 1. The first-order valence-electron chi connectivity index (χ1n) is 8.07. The summed E-state index contributed by atoms with van der Waals surface area (Å²) in [6.07, 6.45) is 3.22. The molecule has 1 fully saturated rings.